The first-order valence-electron chi connectivity index (χ1n) is 9.26. The van der Waals surface area contributed by atoms with Crippen molar-refractivity contribution in [1.82, 2.24) is 9.97 Å². The third kappa shape index (κ3) is 4.91. The maximum Gasteiger partial charge on any atom is 0.416 e. The Kier molecular flexibility index (Phi) is 5.90. The van der Waals surface area contributed by atoms with E-state index < -0.39 is 11.7 Å². The Hall–Kier alpha value is -3.06. The largest absolute Gasteiger partial charge is 0.457 e. The zero-order valence-electron chi connectivity index (χ0n) is 15.8. The van der Waals surface area contributed by atoms with E-state index in [2.05, 4.69) is 9.97 Å². The topological polar surface area (TPSA) is 35.0 Å². The molecule has 3 aromatic carbocycles. The summed E-state index contributed by atoms with van der Waals surface area (Å²) >= 11 is 1.70. The molecular formula is C23H17F3N2OS. The molecule has 30 heavy (non-hydrogen) atoms. The van der Waals surface area contributed by atoms with E-state index in [-0.39, 0.29) is 0 Å². The highest BCUT2D eigenvalue weighted by molar-refractivity contribution is 7.99. The lowest BCUT2D eigenvalue weighted by Crippen LogP contribution is -2.03. The van der Waals surface area contributed by atoms with Crippen molar-refractivity contribution < 1.29 is 17.9 Å². The third-order valence-corrected chi connectivity index (χ3v) is 5.49. The summed E-state index contributed by atoms with van der Waals surface area (Å²) in [5.41, 5.74) is 1.27. The van der Waals surface area contributed by atoms with Crippen LogP contribution in [-0.2, 0) is 12.6 Å². The Morgan fingerprint density at radius 3 is 2.17 bits per heavy atom. The molecule has 0 aliphatic carbocycles. The Labute approximate surface area is 175 Å². The number of aromatic nitrogens is 2. The molecule has 0 atom stereocenters. The van der Waals surface area contributed by atoms with Crippen molar-refractivity contribution in [2.75, 3.05) is 5.75 Å². The monoisotopic (exact) mass is 426 g/mol. The van der Waals surface area contributed by atoms with Crippen molar-refractivity contribution in [1.29, 1.82) is 0 Å². The zero-order valence-corrected chi connectivity index (χ0v) is 16.6. The van der Waals surface area contributed by atoms with Crippen LogP contribution in [0.15, 0.2) is 84.0 Å². The molecule has 0 unspecified atom stereocenters. The summed E-state index contributed by atoms with van der Waals surface area (Å²) in [6, 6.07) is 20.1. The third-order valence-electron chi connectivity index (χ3n) is 4.47. The van der Waals surface area contributed by atoms with E-state index in [9.17, 15) is 13.2 Å². The number of alkyl halides is 3. The molecule has 4 rings (SSSR count). The average Bonchev–Trinajstić information content (AvgIpc) is 2.75. The Morgan fingerprint density at radius 2 is 1.47 bits per heavy atom. The Bertz CT molecular complexity index is 1120. The average molecular weight is 426 g/mol. The minimum absolute atomic E-state index is 0.360. The van der Waals surface area contributed by atoms with Crippen LogP contribution in [-0.4, -0.2) is 15.7 Å². The quantitative estimate of drug-likeness (QED) is 0.319. The summed E-state index contributed by atoms with van der Waals surface area (Å²) in [7, 11) is 0. The number of nitrogens with zero attached hydrogens (tertiary/aromatic N) is 2. The fourth-order valence-electron chi connectivity index (χ4n) is 2.98. The minimum atomic E-state index is -4.35. The van der Waals surface area contributed by atoms with Crippen LogP contribution in [0.5, 0.6) is 11.5 Å². The van der Waals surface area contributed by atoms with Gasteiger partial charge in [-0.3, -0.25) is 0 Å². The molecule has 0 amide bonds. The van der Waals surface area contributed by atoms with Crippen LogP contribution in [0.3, 0.4) is 0 Å². The number of thioether (sulfide) groups is 1. The number of rotatable bonds is 6. The number of aryl methyl sites for hydroxylation is 1. The lowest BCUT2D eigenvalue weighted by molar-refractivity contribution is -0.137. The number of para-hydroxylation sites is 1. The molecular weight excluding hydrogens is 409 g/mol. The van der Waals surface area contributed by atoms with Crippen LogP contribution < -0.4 is 4.74 Å². The van der Waals surface area contributed by atoms with Gasteiger partial charge in [0.1, 0.15) is 17.8 Å². The van der Waals surface area contributed by atoms with Gasteiger partial charge in [0.2, 0.25) is 0 Å². The van der Waals surface area contributed by atoms with E-state index in [0.717, 1.165) is 45.8 Å². The fraction of sp³-hybridized carbons (Fsp3) is 0.130. The number of fused-ring (bicyclic) bond motifs is 1. The molecule has 0 fully saturated rings. The standard InChI is InChI=1S/C23H17F3N2OS/c24-23(25,26)16-5-7-17(8-6-16)29-18-9-11-19(12-10-18)30-14-13-22-20-3-1-2-4-21(20)27-15-28-22/h1-12,15H,13-14H2. The molecule has 7 heteroatoms. The molecule has 0 bridgehead atoms. The molecule has 0 N–H and O–H groups in total. The van der Waals surface area contributed by atoms with Crippen molar-refractivity contribution >= 4 is 22.7 Å². The summed E-state index contributed by atoms with van der Waals surface area (Å²) in [6.45, 7) is 0. The van der Waals surface area contributed by atoms with Gasteiger partial charge in [0, 0.05) is 16.0 Å². The normalized spacial score (nSPS) is 11.6. The van der Waals surface area contributed by atoms with Gasteiger partial charge in [0.25, 0.3) is 0 Å². The van der Waals surface area contributed by atoms with E-state index >= 15 is 0 Å². The Morgan fingerprint density at radius 1 is 0.800 bits per heavy atom. The van der Waals surface area contributed by atoms with Gasteiger partial charge in [0.05, 0.1) is 16.8 Å². The van der Waals surface area contributed by atoms with E-state index in [4.69, 9.17) is 4.74 Å². The van der Waals surface area contributed by atoms with E-state index in [1.165, 1.54) is 12.1 Å². The molecule has 3 nitrogen and oxygen atoms in total. The molecule has 152 valence electrons. The predicted molar refractivity (Wildman–Crippen MR) is 112 cm³/mol. The summed E-state index contributed by atoms with van der Waals surface area (Å²) in [4.78, 5) is 9.76. The van der Waals surface area contributed by atoms with Crippen LogP contribution in [0.1, 0.15) is 11.3 Å². The summed E-state index contributed by atoms with van der Waals surface area (Å²) < 4.78 is 43.5. The van der Waals surface area contributed by atoms with E-state index in [0.29, 0.717) is 11.5 Å². The van der Waals surface area contributed by atoms with Gasteiger partial charge >= 0.3 is 6.18 Å². The van der Waals surface area contributed by atoms with E-state index in [1.54, 1.807) is 30.2 Å². The lowest BCUT2D eigenvalue weighted by atomic mass is 10.1. The molecule has 0 radical (unpaired) electrons. The summed E-state index contributed by atoms with van der Waals surface area (Å²) in [5, 5.41) is 1.07. The second kappa shape index (κ2) is 8.75. The number of halogens is 3. The fourth-order valence-corrected chi connectivity index (χ4v) is 3.84. The second-order valence-corrected chi connectivity index (χ2v) is 7.70. The first-order chi connectivity index (χ1) is 14.5. The van der Waals surface area contributed by atoms with Crippen LogP contribution in [0, 0.1) is 0 Å². The number of hydrogen-bond donors (Lipinski definition) is 0. The first-order valence-corrected chi connectivity index (χ1v) is 10.2. The van der Waals surface area contributed by atoms with Crippen molar-refractivity contribution in [2.24, 2.45) is 0 Å². The van der Waals surface area contributed by atoms with Gasteiger partial charge in [-0.1, -0.05) is 18.2 Å². The minimum Gasteiger partial charge on any atom is -0.457 e. The van der Waals surface area contributed by atoms with E-state index in [1.807, 2.05) is 36.4 Å². The summed E-state index contributed by atoms with van der Waals surface area (Å²) in [6.07, 6.45) is -1.94. The maximum atomic E-state index is 12.6. The lowest BCUT2D eigenvalue weighted by Gasteiger charge is -2.09. The molecule has 1 aromatic heterocycles. The van der Waals surface area contributed by atoms with Gasteiger partial charge in [-0.15, -0.1) is 11.8 Å². The molecule has 0 spiro atoms. The molecule has 1 heterocycles. The van der Waals surface area contributed by atoms with Gasteiger partial charge in [-0.05, 0) is 61.0 Å². The zero-order chi connectivity index (χ0) is 21.0. The Balaban J connectivity index is 1.33. The van der Waals surface area contributed by atoms with Gasteiger partial charge in [-0.25, -0.2) is 9.97 Å². The highest BCUT2D eigenvalue weighted by atomic mass is 32.2. The molecule has 0 aliphatic heterocycles. The van der Waals surface area contributed by atoms with Crippen LogP contribution >= 0.6 is 11.8 Å². The van der Waals surface area contributed by atoms with Gasteiger partial charge in [-0.2, -0.15) is 13.2 Å². The maximum absolute atomic E-state index is 12.6. The van der Waals surface area contributed by atoms with Crippen molar-refractivity contribution in [3.05, 3.63) is 90.4 Å². The molecule has 0 saturated heterocycles. The van der Waals surface area contributed by atoms with Gasteiger partial charge < -0.3 is 4.74 Å². The molecule has 0 aliphatic rings. The SMILES string of the molecule is FC(F)(F)c1ccc(Oc2ccc(SCCc3ncnc4ccccc34)cc2)cc1. The van der Waals surface area contributed by atoms with Crippen LogP contribution in [0.2, 0.25) is 0 Å². The predicted octanol–water partition coefficient (Wildman–Crippen LogP) is 6.78. The highest BCUT2D eigenvalue weighted by Crippen LogP contribution is 2.32. The smallest absolute Gasteiger partial charge is 0.416 e. The molecule has 0 saturated carbocycles. The number of benzene rings is 3. The van der Waals surface area contributed by atoms with Crippen LogP contribution in [0.4, 0.5) is 13.2 Å². The van der Waals surface area contributed by atoms with Gasteiger partial charge in [0.15, 0.2) is 0 Å². The molecule has 4 aromatic rings. The summed E-state index contributed by atoms with van der Waals surface area (Å²) in [5.74, 6) is 1.79. The second-order valence-electron chi connectivity index (χ2n) is 6.53. The van der Waals surface area contributed by atoms with Crippen molar-refractivity contribution in [2.45, 2.75) is 17.5 Å². The van der Waals surface area contributed by atoms with Crippen molar-refractivity contribution in [3.63, 3.8) is 0 Å². The van der Waals surface area contributed by atoms with Crippen LogP contribution in [0.25, 0.3) is 10.9 Å². The first kappa shape index (κ1) is 20.2. The highest BCUT2D eigenvalue weighted by Gasteiger charge is 2.30. The van der Waals surface area contributed by atoms with Crippen molar-refractivity contribution in [3.8, 4) is 11.5 Å². The number of hydrogen-bond acceptors (Lipinski definition) is 4. The number of ether oxygens (including phenoxy) is 1.